The van der Waals surface area contributed by atoms with Crippen molar-refractivity contribution in [2.45, 2.75) is 6.92 Å². The minimum absolute atomic E-state index is 0.285. The molecule has 1 N–H and O–H groups in total. The normalized spacial score (nSPS) is 10.3. The zero-order valence-corrected chi connectivity index (χ0v) is 12.9. The van der Waals surface area contributed by atoms with Crippen LogP contribution in [0, 0.1) is 6.92 Å². The third-order valence-corrected chi connectivity index (χ3v) is 3.48. The van der Waals surface area contributed by atoms with Crippen LogP contribution in [0.3, 0.4) is 0 Å². The molecule has 0 atom stereocenters. The highest BCUT2D eigenvalue weighted by Gasteiger charge is 2.22. The van der Waals surface area contributed by atoms with Crippen LogP contribution >= 0.6 is 0 Å². The molecule has 1 aromatic heterocycles. The number of carbonyl (C=O) groups excluding carboxylic acids is 1. The summed E-state index contributed by atoms with van der Waals surface area (Å²) in [5, 5.41) is 6.78. The molecule has 1 heterocycles. The topological polar surface area (TPSA) is 64.4 Å². The van der Waals surface area contributed by atoms with E-state index in [9.17, 15) is 4.79 Å². The summed E-state index contributed by atoms with van der Waals surface area (Å²) in [7, 11) is 1.56. The second-order valence-electron chi connectivity index (χ2n) is 4.99. The van der Waals surface area contributed by atoms with Crippen LogP contribution in [0.4, 0.5) is 5.69 Å². The van der Waals surface area contributed by atoms with Gasteiger partial charge in [0.2, 0.25) is 0 Å². The van der Waals surface area contributed by atoms with Crippen LogP contribution in [0.15, 0.2) is 59.1 Å². The number of methoxy groups -OCH3 is 1. The molecular weight excluding hydrogens is 292 g/mol. The third-order valence-electron chi connectivity index (χ3n) is 3.48. The second-order valence-corrected chi connectivity index (χ2v) is 4.99. The van der Waals surface area contributed by atoms with Crippen molar-refractivity contribution in [1.82, 2.24) is 5.16 Å². The summed E-state index contributed by atoms with van der Waals surface area (Å²) in [4.78, 5) is 12.7. The van der Waals surface area contributed by atoms with E-state index in [2.05, 4.69) is 10.5 Å². The number of carbonyl (C=O) groups is 1. The summed E-state index contributed by atoms with van der Waals surface area (Å²) >= 11 is 0. The number of amides is 1. The molecule has 3 aromatic rings. The van der Waals surface area contributed by atoms with Gasteiger partial charge in [-0.3, -0.25) is 4.79 Å². The molecule has 23 heavy (non-hydrogen) atoms. The fourth-order valence-corrected chi connectivity index (χ4v) is 2.36. The minimum atomic E-state index is -0.285. The van der Waals surface area contributed by atoms with E-state index in [4.69, 9.17) is 9.26 Å². The average Bonchev–Trinajstić information content (AvgIpc) is 2.98. The van der Waals surface area contributed by atoms with Crippen LogP contribution < -0.4 is 10.1 Å². The Morgan fingerprint density at radius 3 is 2.52 bits per heavy atom. The molecule has 2 aromatic carbocycles. The maximum atomic E-state index is 12.7. The first-order valence-corrected chi connectivity index (χ1v) is 7.16. The molecule has 116 valence electrons. The zero-order chi connectivity index (χ0) is 16.2. The van der Waals surface area contributed by atoms with Gasteiger partial charge in [0.1, 0.15) is 11.3 Å². The molecule has 3 rings (SSSR count). The Labute approximate surface area is 133 Å². The molecule has 1 amide bonds. The van der Waals surface area contributed by atoms with Crippen LogP contribution in [0.1, 0.15) is 16.1 Å². The quantitative estimate of drug-likeness (QED) is 0.793. The number of nitrogens with one attached hydrogen (secondary N) is 1. The Kier molecular flexibility index (Phi) is 4.10. The van der Waals surface area contributed by atoms with E-state index in [-0.39, 0.29) is 5.91 Å². The predicted molar refractivity (Wildman–Crippen MR) is 87.6 cm³/mol. The number of aryl methyl sites for hydroxylation is 1. The monoisotopic (exact) mass is 308 g/mol. The molecule has 0 saturated heterocycles. The van der Waals surface area contributed by atoms with Gasteiger partial charge in [0, 0.05) is 5.56 Å². The lowest BCUT2D eigenvalue weighted by atomic mass is 10.1. The van der Waals surface area contributed by atoms with Gasteiger partial charge in [-0.2, -0.15) is 0 Å². The van der Waals surface area contributed by atoms with Crippen molar-refractivity contribution in [2.75, 3.05) is 12.4 Å². The number of anilines is 1. The molecule has 5 nitrogen and oxygen atoms in total. The van der Waals surface area contributed by atoms with Gasteiger partial charge in [-0.1, -0.05) is 47.6 Å². The lowest BCUT2D eigenvalue weighted by Gasteiger charge is -2.10. The number of ether oxygens (including phenoxy) is 1. The molecular formula is C18H16N2O3. The van der Waals surface area contributed by atoms with E-state index in [1.807, 2.05) is 42.5 Å². The Hall–Kier alpha value is -3.08. The summed E-state index contributed by atoms with van der Waals surface area (Å²) in [5.41, 5.74) is 2.36. The fraction of sp³-hybridized carbons (Fsp3) is 0.111. The zero-order valence-electron chi connectivity index (χ0n) is 12.9. The summed E-state index contributed by atoms with van der Waals surface area (Å²) < 4.78 is 10.6. The first kappa shape index (κ1) is 14.8. The maximum absolute atomic E-state index is 12.7. The summed E-state index contributed by atoms with van der Waals surface area (Å²) in [6.45, 7) is 1.74. The van der Waals surface area contributed by atoms with Gasteiger partial charge in [-0.05, 0) is 19.1 Å². The molecule has 0 aliphatic rings. The smallest absolute Gasteiger partial charge is 0.261 e. The van der Waals surface area contributed by atoms with Crippen molar-refractivity contribution in [3.05, 3.63) is 65.9 Å². The molecule has 0 aliphatic carbocycles. The van der Waals surface area contributed by atoms with E-state index >= 15 is 0 Å². The molecule has 0 fully saturated rings. The van der Waals surface area contributed by atoms with E-state index in [1.165, 1.54) is 0 Å². The van der Waals surface area contributed by atoms with Gasteiger partial charge in [0.05, 0.1) is 18.5 Å². The Bertz CT molecular complexity index is 825. The highest BCUT2D eigenvalue weighted by molar-refractivity contribution is 6.09. The highest BCUT2D eigenvalue weighted by Crippen LogP contribution is 2.29. The van der Waals surface area contributed by atoms with Crippen molar-refractivity contribution in [1.29, 1.82) is 0 Å². The van der Waals surface area contributed by atoms with Crippen LogP contribution in [0.5, 0.6) is 5.75 Å². The SMILES string of the molecule is COc1ccccc1NC(=O)c1c(C)noc1-c1ccccc1. The second kappa shape index (κ2) is 6.36. The third kappa shape index (κ3) is 2.94. The van der Waals surface area contributed by atoms with Crippen molar-refractivity contribution < 1.29 is 14.1 Å². The number of benzene rings is 2. The first-order chi connectivity index (χ1) is 11.2. The van der Waals surface area contributed by atoms with E-state index in [1.54, 1.807) is 26.2 Å². The predicted octanol–water partition coefficient (Wildman–Crippen LogP) is 3.91. The van der Waals surface area contributed by atoms with Gasteiger partial charge < -0.3 is 14.6 Å². The van der Waals surface area contributed by atoms with E-state index in [0.29, 0.717) is 28.5 Å². The number of hydrogen-bond acceptors (Lipinski definition) is 4. The van der Waals surface area contributed by atoms with Gasteiger partial charge in [0.15, 0.2) is 5.76 Å². The number of aromatic nitrogens is 1. The van der Waals surface area contributed by atoms with Crippen LogP contribution in [-0.4, -0.2) is 18.2 Å². The summed E-state index contributed by atoms with van der Waals surface area (Å²) in [5.74, 6) is 0.763. The highest BCUT2D eigenvalue weighted by atomic mass is 16.5. The van der Waals surface area contributed by atoms with Crippen LogP contribution in [-0.2, 0) is 0 Å². The molecule has 0 bridgehead atoms. The van der Waals surface area contributed by atoms with Crippen molar-refractivity contribution in [3.8, 4) is 17.1 Å². The van der Waals surface area contributed by atoms with Crippen molar-refractivity contribution >= 4 is 11.6 Å². The van der Waals surface area contributed by atoms with Gasteiger partial charge in [-0.25, -0.2) is 0 Å². The van der Waals surface area contributed by atoms with Crippen LogP contribution in [0.2, 0.25) is 0 Å². The van der Waals surface area contributed by atoms with Gasteiger partial charge in [-0.15, -0.1) is 0 Å². The molecule has 0 aliphatic heterocycles. The van der Waals surface area contributed by atoms with E-state index in [0.717, 1.165) is 5.56 Å². The fourth-order valence-electron chi connectivity index (χ4n) is 2.36. The molecule has 0 spiro atoms. The molecule has 0 radical (unpaired) electrons. The van der Waals surface area contributed by atoms with E-state index < -0.39 is 0 Å². The number of rotatable bonds is 4. The van der Waals surface area contributed by atoms with Crippen LogP contribution in [0.25, 0.3) is 11.3 Å². The molecule has 0 unspecified atom stereocenters. The lowest BCUT2D eigenvalue weighted by molar-refractivity contribution is 0.102. The number of para-hydroxylation sites is 2. The standard InChI is InChI=1S/C18H16N2O3/c1-12-16(17(23-20-12)13-8-4-3-5-9-13)18(21)19-14-10-6-7-11-15(14)22-2/h3-11H,1-2H3,(H,19,21). The minimum Gasteiger partial charge on any atom is -0.495 e. The molecule has 0 saturated carbocycles. The first-order valence-electron chi connectivity index (χ1n) is 7.16. The maximum Gasteiger partial charge on any atom is 0.261 e. The summed E-state index contributed by atoms with van der Waals surface area (Å²) in [6.07, 6.45) is 0. The number of nitrogens with zero attached hydrogens (tertiary/aromatic N) is 1. The lowest BCUT2D eigenvalue weighted by Crippen LogP contribution is -2.14. The largest absolute Gasteiger partial charge is 0.495 e. The molecule has 5 heteroatoms. The van der Waals surface area contributed by atoms with Crippen molar-refractivity contribution in [3.63, 3.8) is 0 Å². The van der Waals surface area contributed by atoms with Gasteiger partial charge >= 0.3 is 0 Å². The Balaban J connectivity index is 1.96. The Morgan fingerprint density at radius 2 is 1.78 bits per heavy atom. The summed E-state index contributed by atoms with van der Waals surface area (Å²) in [6, 6.07) is 16.7. The van der Waals surface area contributed by atoms with Gasteiger partial charge in [0.25, 0.3) is 5.91 Å². The van der Waals surface area contributed by atoms with Crippen molar-refractivity contribution in [2.24, 2.45) is 0 Å². The number of hydrogen-bond donors (Lipinski definition) is 1. The Morgan fingerprint density at radius 1 is 1.09 bits per heavy atom. The average molecular weight is 308 g/mol.